The second-order valence-corrected chi connectivity index (χ2v) is 5.07. The highest BCUT2D eigenvalue weighted by Crippen LogP contribution is 2.24. The van der Waals surface area contributed by atoms with Crippen LogP contribution in [0, 0.1) is 11.3 Å². The molecule has 1 unspecified atom stereocenters. The molecule has 90 valence electrons. The molecule has 6 heteroatoms. The predicted octanol–water partition coefficient (Wildman–Crippen LogP) is -0.367. The van der Waals surface area contributed by atoms with E-state index >= 15 is 0 Å². The van der Waals surface area contributed by atoms with E-state index in [1.165, 1.54) is 0 Å². The molecule has 1 aliphatic rings. The zero-order chi connectivity index (χ0) is 12.5. The summed E-state index contributed by atoms with van der Waals surface area (Å²) in [7, 11) is 0. The molecule has 0 aliphatic carbocycles. The van der Waals surface area contributed by atoms with Crippen molar-refractivity contribution in [2.45, 2.75) is 20.3 Å². The Morgan fingerprint density at radius 1 is 1.38 bits per heavy atom. The van der Waals surface area contributed by atoms with Gasteiger partial charge >= 0.3 is 0 Å². The largest absolute Gasteiger partial charge is 0.392 e. The summed E-state index contributed by atoms with van der Waals surface area (Å²) >= 11 is 4.86. The monoisotopic (exact) mass is 243 g/mol. The lowest BCUT2D eigenvalue weighted by molar-refractivity contribution is -0.136. The SMILES string of the molecule is CC(C)(C(=O)N1CCC(C(N)=O)C1)C(N)=S. The number of thiocarbonyl (C=S) groups is 1. The summed E-state index contributed by atoms with van der Waals surface area (Å²) in [4.78, 5) is 24.8. The first-order chi connectivity index (χ1) is 7.26. The lowest BCUT2D eigenvalue weighted by Crippen LogP contribution is -2.46. The Labute approximate surface area is 100 Å². The minimum absolute atomic E-state index is 0.135. The number of primary amides is 1. The van der Waals surface area contributed by atoms with Gasteiger partial charge in [0, 0.05) is 13.1 Å². The van der Waals surface area contributed by atoms with Gasteiger partial charge in [-0.2, -0.15) is 0 Å². The summed E-state index contributed by atoms with van der Waals surface area (Å²) in [5, 5.41) is 0. The number of amides is 2. The molecule has 0 bridgehead atoms. The normalized spacial score (nSPS) is 20.9. The van der Waals surface area contributed by atoms with Gasteiger partial charge in [-0.25, -0.2) is 0 Å². The van der Waals surface area contributed by atoms with Gasteiger partial charge in [0.1, 0.15) is 0 Å². The molecule has 1 rings (SSSR count). The Balaban J connectivity index is 2.71. The Kier molecular flexibility index (Phi) is 3.52. The minimum Gasteiger partial charge on any atom is -0.392 e. The lowest BCUT2D eigenvalue weighted by atomic mass is 9.92. The first kappa shape index (κ1) is 12.9. The minimum atomic E-state index is -0.859. The summed E-state index contributed by atoms with van der Waals surface area (Å²) in [5.41, 5.74) is 9.87. The number of hydrogen-bond acceptors (Lipinski definition) is 3. The van der Waals surface area contributed by atoms with Crippen LogP contribution < -0.4 is 11.5 Å². The molecule has 0 aromatic carbocycles. The van der Waals surface area contributed by atoms with Crippen molar-refractivity contribution in [2.24, 2.45) is 22.8 Å². The first-order valence-corrected chi connectivity index (χ1v) is 5.56. The molecule has 1 fully saturated rings. The topological polar surface area (TPSA) is 89.4 Å². The molecule has 0 radical (unpaired) electrons. The highest BCUT2D eigenvalue weighted by molar-refractivity contribution is 7.80. The van der Waals surface area contributed by atoms with Gasteiger partial charge in [0.2, 0.25) is 11.8 Å². The molecule has 0 aromatic rings. The maximum Gasteiger partial charge on any atom is 0.235 e. The van der Waals surface area contributed by atoms with E-state index in [-0.39, 0.29) is 22.7 Å². The van der Waals surface area contributed by atoms with Crippen molar-refractivity contribution in [3.05, 3.63) is 0 Å². The second kappa shape index (κ2) is 4.37. The van der Waals surface area contributed by atoms with E-state index in [9.17, 15) is 9.59 Å². The van der Waals surface area contributed by atoms with Gasteiger partial charge in [-0.05, 0) is 20.3 Å². The number of nitrogens with two attached hydrogens (primary N) is 2. The summed E-state index contributed by atoms with van der Waals surface area (Å²) < 4.78 is 0. The van der Waals surface area contributed by atoms with E-state index in [1.54, 1.807) is 18.7 Å². The molecule has 16 heavy (non-hydrogen) atoms. The molecular formula is C10H17N3O2S. The van der Waals surface area contributed by atoms with Crippen molar-refractivity contribution >= 4 is 29.0 Å². The van der Waals surface area contributed by atoms with Crippen LogP contribution in [-0.4, -0.2) is 34.8 Å². The fourth-order valence-electron chi connectivity index (χ4n) is 1.68. The second-order valence-electron chi connectivity index (χ2n) is 4.63. The van der Waals surface area contributed by atoms with E-state index in [0.717, 1.165) is 0 Å². The standard InChI is InChI=1S/C10H17N3O2S/c1-10(2,8(12)16)9(15)13-4-3-6(5-13)7(11)14/h6H,3-5H2,1-2H3,(H2,11,14)(H2,12,16). The molecule has 1 aliphatic heterocycles. The van der Waals surface area contributed by atoms with Crippen LogP contribution in [0.3, 0.4) is 0 Å². The third-order valence-electron chi connectivity index (χ3n) is 3.03. The quantitative estimate of drug-likeness (QED) is 0.662. The number of likely N-dealkylation sites (tertiary alicyclic amines) is 1. The number of carbonyl (C=O) groups excluding carboxylic acids is 2. The van der Waals surface area contributed by atoms with Gasteiger partial charge in [0.05, 0.1) is 16.3 Å². The average Bonchev–Trinajstić information content (AvgIpc) is 2.64. The molecule has 0 saturated carbocycles. The smallest absolute Gasteiger partial charge is 0.235 e. The van der Waals surface area contributed by atoms with Crippen LogP contribution in [-0.2, 0) is 9.59 Å². The zero-order valence-electron chi connectivity index (χ0n) is 9.53. The Morgan fingerprint density at radius 2 is 1.94 bits per heavy atom. The molecule has 2 amide bonds. The first-order valence-electron chi connectivity index (χ1n) is 5.15. The molecular weight excluding hydrogens is 226 g/mol. The van der Waals surface area contributed by atoms with E-state index in [4.69, 9.17) is 23.7 Å². The zero-order valence-corrected chi connectivity index (χ0v) is 10.3. The van der Waals surface area contributed by atoms with E-state index in [2.05, 4.69) is 0 Å². The average molecular weight is 243 g/mol. The number of nitrogens with zero attached hydrogens (tertiary/aromatic N) is 1. The maximum absolute atomic E-state index is 12.1. The number of hydrogen-bond donors (Lipinski definition) is 2. The number of carbonyl (C=O) groups is 2. The Bertz CT molecular complexity index is 341. The fourth-order valence-corrected chi connectivity index (χ4v) is 1.76. The summed E-state index contributed by atoms with van der Waals surface area (Å²) in [6, 6.07) is 0. The van der Waals surface area contributed by atoms with E-state index in [1.807, 2.05) is 0 Å². The van der Waals surface area contributed by atoms with Crippen LogP contribution in [0.2, 0.25) is 0 Å². The summed E-state index contributed by atoms with van der Waals surface area (Å²) in [6.07, 6.45) is 0.620. The Hall–Kier alpha value is -1.17. The van der Waals surface area contributed by atoms with Crippen LogP contribution in [0.25, 0.3) is 0 Å². The fraction of sp³-hybridized carbons (Fsp3) is 0.700. The molecule has 1 saturated heterocycles. The van der Waals surface area contributed by atoms with Gasteiger partial charge < -0.3 is 16.4 Å². The predicted molar refractivity (Wildman–Crippen MR) is 64.4 cm³/mol. The van der Waals surface area contributed by atoms with Gasteiger partial charge in [-0.1, -0.05) is 12.2 Å². The molecule has 4 N–H and O–H groups in total. The van der Waals surface area contributed by atoms with Gasteiger partial charge in [0.25, 0.3) is 0 Å². The van der Waals surface area contributed by atoms with Crippen molar-refractivity contribution in [1.82, 2.24) is 4.90 Å². The van der Waals surface area contributed by atoms with Crippen LogP contribution >= 0.6 is 12.2 Å². The maximum atomic E-state index is 12.1. The van der Waals surface area contributed by atoms with E-state index in [0.29, 0.717) is 19.5 Å². The lowest BCUT2D eigenvalue weighted by Gasteiger charge is -2.28. The summed E-state index contributed by atoms with van der Waals surface area (Å²) in [5.74, 6) is -0.738. The molecule has 0 aromatic heterocycles. The molecule has 5 nitrogen and oxygen atoms in total. The van der Waals surface area contributed by atoms with Crippen molar-refractivity contribution in [3.63, 3.8) is 0 Å². The number of rotatable bonds is 3. The molecule has 1 heterocycles. The van der Waals surface area contributed by atoms with Gasteiger partial charge in [-0.15, -0.1) is 0 Å². The van der Waals surface area contributed by atoms with Crippen molar-refractivity contribution in [1.29, 1.82) is 0 Å². The van der Waals surface area contributed by atoms with Crippen LogP contribution in [0.4, 0.5) is 0 Å². The van der Waals surface area contributed by atoms with Crippen LogP contribution in [0.5, 0.6) is 0 Å². The third kappa shape index (κ3) is 2.32. The highest BCUT2D eigenvalue weighted by Gasteiger charge is 2.39. The highest BCUT2D eigenvalue weighted by atomic mass is 32.1. The molecule has 0 spiro atoms. The van der Waals surface area contributed by atoms with Crippen LogP contribution in [0.1, 0.15) is 20.3 Å². The third-order valence-corrected chi connectivity index (χ3v) is 3.54. The van der Waals surface area contributed by atoms with Gasteiger partial charge in [-0.3, -0.25) is 9.59 Å². The van der Waals surface area contributed by atoms with Crippen molar-refractivity contribution in [2.75, 3.05) is 13.1 Å². The van der Waals surface area contributed by atoms with Crippen molar-refractivity contribution in [3.8, 4) is 0 Å². The molecule has 1 atom stereocenters. The van der Waals surface area contributed by atoms with Crippen molar-refractivity contribution < 1.29 is 9.59 Å². The Morgan fingerprint density at radius 3 is 2.31 bits per heavy atom. The van der Waals surface area contributed by atoms with Crippen LogP contribution in [0.15, 0.2) is 0 Å². The summed E-state index contributed by atoms with van der Waals surface area (Å²) in [6.45, 7) is 4.29. The van der Waals surface area contributed by atoms with E-state index < -0.39 is 5.41 Å². The van der Waals surface area contributed by atoms with Gasteiger partial charge in [0.15, 0.2) is 0 Å².